The second-order valence-corrected chi connectivity index (χ2v) is 7.61. The highest BCUT2D eigenvalue weighted by Crippen LogP contribution is 2.25. The number of allylic oxidation sites excluding steroid dienone is 2. The zero-order valence-electron chi connectivity index (χ0n) is 19.4. The number of rotatable bonds is 8. The van der Waals surface area contributed by atoms with E-state index < -0.39 is 22.8 Å². The minimum Gasteiger partial charge on any atom is -0.445 e. The third-order valence-electron chi connectivity index (χ3n) is 4.63. The molecule has 0 unspecified atom stereocenters. The lowest BCUT2D eigenvalue weighted by atomic mass is 10.1. The first-order chi connectivity index (χ1) is 16.7. The number of hydrogen-bond donors (Lipinski definition) is 1. The van der Waals surface area contributed by atoms with E-state index in [4.69, 9.17) is 16.0 Å². The van der Waals surface area contributed by atoms with Crippen LogP contribution in [0.3, 0.4) is 0 Å². The summed E-state index contributed by atoms with van der Waals surface area (Å²) in [5.41, 5.74) is 1.98. The lowest BCUT2D eigenvalue weighted by Gasteiger charge is -2.07. The van der Waals surface area contributed by atoms with E-state index in [9.17, 15) is 18.4 Å². The molecule has 0 atom stereocenters. The fourth-order valence-corrected chi connectivity index (χ4v) is 3.13. The van der Waals surface area contributed by atoms with Crippen LogP contribution in [0.25, 0.3) is 11.3 Å². The molecule has 0 radical (unpaired) electrons. The molecular formula is C27H25ClF2N2O3. The maximum Gasteiger partial charge on any atom is 0.258 e. The van der Waals surface area contributed by atoms with E-state index >= 15 is 0 Å². The molecule has 2 aromatic carbocycles. The van der Waals surface area contributed by atoms with Gasteiger partial charge in [-0.1, -0.05) is 50.4 Å². The van der Waals surface area contributed by atoms with Gasteiger partial charge in [0, 0.05) is 17.7 Å². The predicted octanol–water partition coefficient (Wildman–Crippen LogP) is 7.34. The molecule has 1 heterocycles. The first-order valence-electron chi connectivity index (χ1n) is 10.7. The fourth-order valence-electron chi connectivity index (χ4n) is 2.98. The Morgan fingerprint density at radius 2 is 1.83 bits per heavy atom. The van der Waals surface area contributed by atoms with Crippen LogP contribution in [-0.2, 0) is 11.2 Å². The Hall–Kier alpha value is -3.84. The molecule has 0 spiro atoms. The Labute approximate surface area is 207 Å². The van der Waals surface area contributed by atoms with E-state index in [1.165, 1.54) is 30.4 Å². The molecule has 3 rings (SSSR count). The fraction of sp³-hybridized carbons (Fsp3) is 0.148. The lowest BCUT2D eigenvalue weighted by Crippen LogP contribution is -2.14. The van der Waals surface area contributed by atoms with E-state index in [0.717, 1.165) is 29.9 Å². The quantitative estimate of drug-likeness (QED) is 0.200. The first-order valence-corrected chi connectivity index (χ1v) is 11.1. The Morgan fingerprint density at radius 3 is 2.34 bits per heavy atom. The second-order valence-electron chi connectivity index (χ2n) is 7.27. The summed E-state index contributed by atoms with van der Waals surface area (Å²) in [5, 5.41) is 1.86. The number of hydrogen-bond acceptors (Lipinski definition) is 4. The number of aromatic nitrogens is 1. The molecule has 8 heteroatoms. The number of nitrogens with one attached hydrogen (secondary N) is 1. The van der Waals surface area contributed by atoms with Gasteiger partial charge in [-0.25, -0.2) is 13.8 Å². The van der Waals surface area contributed by atoms with E-state index in [-0.39, 0.29) is 11.1 Å². The first kappa shape index (κ1) is 27.4. The minimum absolute atomic E-state index is 0.0795. The molecule has 0 aliphatic heterocycles. The van der Waals surface area contributed by atoms with Crippen LogP contribution in [0.2, 0.25) is 0 Å². The van der Waals surface area contributed by atoms with Gasteiger partial charge in [-0.15, -0.1) is 0 Å². The molecule has 0 saturated carbocycles. The zero-order chi connectivity index (χ0) is 26.0. The number of carbonyl (C=O) groups excluding carboxylic acids is 2. The number of nitrogens with zero attached hydrogens (tertiary/aromatic N) is 1. The topological polar surface area (TPSA) is 72.2 Å². The van der Waals surface area contributed by atoms with Gasteiger partial charge in [0.2, 0.25) is 0 Å². The van der Waals surface area contributed by atoms with Gasteiger partial charge in [-0.2, -0.15) is 0 Å². The highest BCUT2D eigenvalue weighted by Gasteiger charge is 2.14. The smallest absolute Gasteiger partial charge is 0.258 e. The van der Waals surface area contributed by atoms with Crippen LogP contribution < -0.4 is 5.32 Å². The van der Waals surface area contributed by atoms with Crippen LogP contribution in [0.4, 0.5) is 14.5 Å². The highest BCUT2D eigenvalue weighted by molar-refractivity contribution is 6.67. The Kier molecular flexibility index (Phi) is 10.3. The van der Waals surface area contributed by atoms with E-state index in [1.807, 2.05) is 19.1 Å². The number of oxazole rings is 1. The zero-order valence-corrected chi connectivity index (χ0v) is 20.2. The van der Waals surface area contributed by atoms with Crippen molar-refractivity contribution in [2.24, 2.45) is 0 Å². The van der Waals surface area contributed by atoms with Crippen LogP contribution in [-0.4, -0.2) is 16.1 Å². The average molecular weight is 499 g/mol. The molecule has 3 aromatic rings. The van der Waals surface area contributed by atoms with Gasteiger partial charge in [0.15, 0.2) is 5.89 Å². The summed E-state index contributed by atoms with van der Waals surface area (Å²) < 4.78 is 31.5. The number of carbonyl (C=O) groups is 2. The molecule has 1 N–H and O–H groups in total. The number of benzene rings is 2. The molecule has 0 aliphatic rings. The van der Waals surface area contributed by atoms with Crippen LogP contribution in [0.1, 0.15) is 35.4 Å². The van der Waals surface area contributed by atoms with Gasteiger partial charge in [0.25, 0.3) is 11.1 Å². The number of anilines is 1. The van der Waals surface area contributed by atoms with Crippen molar-refractivity contribution >= 4 is 28.4 Å². The van der Waals surface area contributed by atoms with Crippen LogP contribution in [0, 0.1) is 12.7 Å². The van der Waals surface area contributed by atoms with Gasteiger partial charge in [-0.3, -0.25) is 9.59 Å². The van der Waals surface area contributed by atoms with E-state index in [0.29, 0.717) is 11.6 Å². The third kappa shape index (κ3) is 7.86. The van der Waals surface area contributed by atoms with Crippen molar-refractivity contribution in [1.29, 1.82) is 0 Å². The molecule has 0 fully saturated rings. The van der Waals surface area contributed by atoms with Crippen molar-refractivity contribution in [2.75, 3.05) is 5.32 Å². The Balaban J connectivity index is 0.000000360. The summed E-state index contributed by atoms with van der Waals surface area (Å²) in [4.78, 5) is 27.0. The molecule has 5 nitrogen and oxygen atoms in total. The maximum atomic E-state index is 13.3. The molecule has 0 saturated heterocycles. The largest absolute Gasteiger partial charge is 0.445 e. The van der Waals surface area contributed by atoms with Crippen molar-refractivity contribution in [3.8, 4) is 11.3 Å². The van der Waals surface area contributed by atoms with Crippen molar-refractivity contribution in [3.63, 3.8) is 0 Å². The average Bonchev–Trinajstić information content (AvgIpc) is 3.18. The van der Waals surface area contributed by atoms with Crippen LogP contribution in [0.15, 0.2) is 89.7 Å². The molecule has 1 aromatic heterocycles. The van der Waals surface area contributed by atoms with Crippen LogP contribution in [0.5, 0.6) is 0 Å². The number of amides is 1. The number of halogens is 3. The Bertz CT molecular complexity index is 1250. The van der Waals surface area contributed by atoms with E-state index in [1.54, 1.807) is 18.2 Å². The molecular weight excluding hydrogens is 474 g/mol. The van der Waals surface area contributed by atoms with Gasteiger partial charge in [0.05, 0.1) is 11.1 Å². The summed E-state index contributed by atoms with van der Waals surface area (Å²) in [5.74, 6) is -0.501. The van der Waals surface area contributed by atoms with E-state index in [2.05, 4.69) is 30.4 Å². The van der Waals surface area contributed by atoms with Crippen molar-refractivity contribution in [2.45, 2.75) is 26.7 Å². The second kappa shape index (κ2) is 13.2. The molecule has 0 bridgehead atoms. The van der Waals surface area contributed by atoms with Crippen LogP contribution >= 0.6 is 11.6 Å². The minimum atomic E-state index is -0.810. The third-order valence-corrected chi connectivity index (χ3v) is 4.83. The molecule has 0 aliphatic carbocycles. The monoisotopic (exact) mass is 498 g/mol. The summed E-state index contributed by atoms with van der Waals surface area (Å²) in [7, 11) is 0. The van der Waals surface area contributed by atoms with Crippen molar-refractivity contribution in [3.05, 3.63) is 108 Å². The Morgan fingerprint density at radius 1 is 1.17 bits per heavy atom. The van der Waals surface area contributed by atoms with Gasteiger partial charge in [-0.05, 0) is 55.3 Å². The summed E-state index contributed by atoms with van der Waals surface area (Å²) >= 11 is 5.03. The number of aryl methyl sites for hydroxylation is 2. The standard InChI is InChI=1S/C20H21FN2O2.C7H4ClFO/c1-5-7-17(13(3)21)20(24)22-16-11-9-15(10-12-16)19-14(4)25-18(23-19)8-6-2;8-7(10)5-3-1-2-4-6(5)9/h5,7,9-12H,1,3,6,8H2,2,4H3,(H,22,24);1-4H/b17-7+;. The summed E-state index contributed by atoms with van der Waals surface area (Å²) in [6, 6.07) is 12.7. The van der Waals surface area contributed by atoms with Crippen molar-refractivity contribution < 1.29 is 22.8 Å². The van der Waals surface area contributed by atoms with Gasteiger partial charge in [0.1, 0.15) is 23.1 Å². The molecule has 1 amide bonds. The normalized spacial score (nSPS) is 10.7. The SMILES string of the molecule is C=C/C=C(\C(=C)F)C(=O)Nc1ccc(-c2nc(CCC)oc2C)cc1.O=C(Cl)c1ccccc1F. The summed E-state index contributed by atoms with van der Waals surface area (Å²) in [6.07, 6.45) is 4.37. The highest BCUT2D eigenvalue weighted by atomic mass is 35.5. The maximum absolute atomic E-state index is 13.3. The summed E-state index contributed by atoms with van der Waals surface area (Å²) in [6.45, 7) is 10.6. The van der Waals surface area contributed by atoms with Gasteiger partial charge < -0.3 is 9.73 Å². The molecule has 35 heavy (non-hydrogen) atoms. The van der Waals surface area contributed by atoms with Crippen molar-refractivity contribution in [1.82, 2.24) is 4.98 Å². The van der Waals surface area contributed by atoms with Gasteiger partial charge >= 0.3 is 0 Å². The lowest BCUT2D eigenvalue weighted by molar-refractivity contribution is -0.112. The molecule has 182 valence electrons. The predicted molar refractivity (Wildman–Crippen MR) is 134 cm³/mol.